The summed E-state index contributed by atoms with van der Waals surface area (Å²) in [5.74, 6) is -1.94. The van der Waals surface area contributed by atoms with Crippen LogP contribution in [0.1, 0.15) is 11.1 Å². The molecule has 0 atom stereocenters. The van der Waals surface area contributed by atoms with Crippen molar-refractivity contribution in [3.8, 4) is 22.9 Å². The predicted molar refractivity (Wildman–Crippen MR) is 104 cm³/mol. The van der Waals surface area contributed by atoms with Crippen LogP contribution in [0.4, 0.5) is 8.78 Å². The molecular weight excluding hydrogens is 376 g/mol. The fraction of sp³-hybridized carbons (Fsp3) is 0.0455. The number of hydrogen-bond acceptors (Lipinski definition) is 4. The molecule has 0 fully saturated rings. The molecule has 0 radical (unpaired) electrons. The Hall–Kier alpha value is -4.05. The summed E-state index contributed by atoms with van der Waals surface area (Å²) < 4.78 is 31.3. The van der Waals surface area contributed by atoms with E-state index in [1.54, 1.807) is 24.3 Å². The van der Waals surface area contributed by atoms with E-state index in [-0.39, 0.29) is 6.61 Å². The number of nitrogens with one attached hydrogen (secondary N) is 1. The Balaban J connectivity index is 1.50. The number of nitriles is 1. The van der Waals surface area contributed by atoms with Crippen molar-refractivity contribution in [3.05, 3.63) is 89.5 Å². The molecule has 0 aliphatic heterocycles. The summed E-state index contributed by atoms with van der Waals surface area (Å²) in [6.45, 7) is -0.259. The van der Waals surface area contributed by atoms with Crippen LogP contribution in [0.3, 0.4) is 0 Å². The largest absolute Gasteiger partial charge is 0.484 e. The Bertz CT molecular complexity index is 1070. The summed E-state index contributed by atoms with van der Waals surface area (Å²) in [4.78, 5) is 11.8. The normalized spacial score (nSPS) is 10.5. The van der Waals surface area contributed by atoms with E-state index >= 15 is 0 Å². The van der Waals surface area contributed by atoms with Crippen molar-refractivity contribution in [2.75, 3.05) is 6.61 Å². The van der Waals surface area contributed by atoms with Gasteiger partial charge in [-0.05, 0) is 53.1 Å². The van der Waals surface area contributed by atoms with E-state index in [2.05, 4.69) is 16.6 Å². The molecule has 3 aromatic carbocycles. The van der Waals surface area contributed by atoms with Gasteiger partial charge in [-0.2, -0.15) is 10.4 Å². The van der Waals surface area contributed by atoms with Gasteiger partial charge in [0.15, 0.2) is 18.2 Å². The molecule has 0 spiro atoms. The first kappa shape index (κ1) is 19.7. The van der Waals surface area contributed by atoms with Crippen LogP contribution in [0.15, 0.2) is 71.8 Å². The van der Waals surface area contributed by atoms with Gasteiger partial charge in [0.1, 0.15) is 5.75 Å². The van der Waals surface area contributed by atoms with Gasteiger partial charge in [0.2, 0.25) is 0 Å². The molecule has 1 amide bonds. The molecule has 5 nitrogen and oxygen atoms in total. The zero-order valence-corrected chi connectivity index (χ0v) is 15.1. The number of amides is 1. The van der Waals surface area contributed by atoms with Crippen LogP contribution in [-0.4, -0.2) is 18.7 Å². The number of hydrogen-bond donors (Lipinski definition) is 1. The summed E-state index contributed by atoms with van der Waals surface area (Å²) in [5.41, 5.74) is 5.05. The minimum Gasteiger partial charge on any atom is -0.484 e. The number of carbonyl (C=O) groups is 1. The second-order valence-corrected chi connectivity index (χ2v) is 5.97. The van der Waals surface area contributed by atoms with E-state index in [0.717, 1.165) is 23.3 Å². The molecule has 0 saturated carbocycles. The summed E-state index contributed by atoms with van der Waals surface area (Å²) in [6, 6.07) is 19.7. The maximum absolute atomic E-state index is 13.1. The number of nitrogens with zero attached hydrogens (tertiary/aromatic N) is 2. The minimum absolute atomic E-state index is 0.259. The molecule has 0 bridgehead atoms. The number of ether oxygens (including phenoxy) is 1. The van der Waals surface area contributed by atoms with Crippen molar-refractivity contribution in [1.29, 1.82) is 5.26 Å². The van der Waals surface area contributed by atoms with Gasteiger partial charge in [0, 0.05) is 0 Å². The lowest BCUT2D eigenvalue weighted by atomic mass is 10.0. The van der Waals surface area contributed by atoms with E-state index in [4.69, 9.17) is 10.00 Å². The van der Waals surface area contributed by atoms with Crippen molar-refractivity contribution >= 4 is 12.1 Å². The SMILES string of the molecule is N#Cc1ccc(-c2ccc(OCC(=O)N/N=C/c3ccc(F)c(F)c3)cc2)cc1. The monoisotopic (exact) mass is 391 g/mol. The minimum atomic E-state index is -0.993. The molecule has 3 aromatic rings. The summed E-state index contributed by atoms with van der Waals surface area (Å²) >= 11 is 0. The van der Waals surface area contributed by atoms with Crippen molar-refractivity contribution in [1.82, 2.24) is 5.43 Å². The summed E-state index contributed by atoms with van der Waals surface area (Å²) in [7, 11) is 0. The molecule has 0 saturated heterocycles. The molecule has 3 rings (SSSR count). The average molecular weight is 391 g/mol. The third-order valence-electron chi connectivity index (χ3n) is 3.92. The molecule has 1 N–H and O–H groups in total. The zero-order valence-electron chi connectivity index (χ0n) is 15.1. The standard InChI is InChI=1S/C22H15F2N3O2/c23-20-10-3-16(11-21(20)24)13-26-27-22(28)14-29-19-8-6-18(7-9-19)17-4-1-15(12-25)2-5-17/h1-11,13H,14H2,(H,27,28)/b26-13+. The van der Waals surface area contributed by atoms with Crippen LogP contribution < -0.4 is 10.2 Å². The van der Waals surface area contributed by atoms with Gasteiger partial charge in [0.05, 0.1) is 17.8 Å². The Morgan fingerprint density at radius 1 is 1.00 bits per heavy atom. The van der Waals surface area contributed by atoms with Gasteiger partial charge < -0.3 is 4.74 Å². The third kappa shape index (κ3) is 5.47. The second kappa shape index (κ2) is 9.24. The van der Waals surface area contributed by atoms with Gasteiger partial charge in [-0.3, -0.25) is 4.79 Å². The second-order valence-electron chi connectivity index (χ2n) is 5.97. The Kier molecular flexibility index (Phi) is 6.28. The number of carbonyl (C=O) groups excluding carboxylic acids is 1. The first-order valence-electron chi connectivity index (χ1n) is 8.55. The van der Waals surface area contributed by atoms with Gasteiger partial charge in [0.25, 0.3) is 5.91 Å². The highest BCUT2D eigenvalue weighted by Crippen LogP contribution is 2.22. The van der Waals surface area contributed by atoms with E-state index in [9.17, 15) is 13.6 Å². The van der Waals surface area contributed by atoms with Gasteiger partial charge in [-0.15, -0.1) is 0 Å². The quantitative estimate of drug-likeness (QED) is 0.509. The lowest BCUT2D eigenvalue weighted by Gasteiger charge is -2.07. The molecule has 0 unspecified atom stereocenters. The first-order valence-corrected chi connectivity index (χ1v) is 8.55. The zero-order chi connectivity index (χ0) is 20.6. The molecule has 0 aliphatic carbocycles. The molecule has 144 valence electrons. The van der Waals surface area contributed by atoms with E-state index in [0.29, 0.717) is 16.9 Å². The highest BCUT2D eigenvalue weighted by Gasteiger charge is 2.04. The summed E-state index contributed by atoms with van der Waals surface area (Å²) in [5, 5.41) is 12.5. The summed E-state index contributed by atoms with van der Waals surface area (Å²) in [6.07, 6.45) is 1.20. The van der Waals surface area contributed by atoms with Crippen LogP contribution in [-0.2, 0) is 4.79 Å². The molecule has 0 aromatic heterocycles. The lowest BCUT2D eigenvalue weighted by molar-refractivity contribution is -0.123. The lowest BCUT2D eigenvalue weighted by Crippen LogP contribution is -2.24. The highest BCUT2D eigenvalue weighted by atomic mass is 19.2. The van der Waals surface area contributed by atoms with Crippen LogP contribution in [0.5, 0.6) is 5.75 Å². The van der Waals surface area contributed by atoms with E-state index in [1.165, 1.54) is 12.3 Å². The van der Waals surface area contributed by atoms with E-state index < -0.39 is 17.5 Å². The Labute approximate surface area is 165 Å². The topological polar surface area (TPSA) is 74.5 Å². The molecule has 29 heavy (non-hydrogen) atoms. The molecular formula is C22H15F2N3O2. The van der Waals surface area contributed by atoms with Crippen molar-refractivity contribution < 1.29 is 18.3 Å². The van der Waals surface area contributed by atoms with Crippen molar-refractivity contribution in [2.24, 2.45) is 5.10 Å². The fourth-order valence-electron chi connectivity index (χ4n) is 2.43. The van der Waals surface area contributed by atoms with Crippen molar-refractivity contribution in [2.45, 2.75) is 0 Å². The Morgan fingerprint density at radius 3 is 2.28 bits per heavy atom. The van der Waals surface area contributed by atoms with Crippen LogP contribution >= 0.6 is 0 Å². The smallest absolute Gasteiger partial charge is 0.277 e. The molecule has 0 aliphatic rings. The Morgan fingerprint density at radius 2 is 1.66 bits per heavy atom. The van der Waals surface area contributed by atoms with Gasteiger partial charge in [-0.25, -0.2) is 14.2 Å². The number of benzene rings is 3. The van der Waals surface area contributed by atoms with Crippen LogP contribution in [0.25, 0.3) is 11.1 Å². The van der Waals surface area contributed by atoms with Crippen LogP contribution in [0.2, 0.25) is 0 Å². The van der Waals surface area contributed by atoms with Gasteiger partial charge >= 0.3 is 0 Å². The highest BCUT2D eigenvalue weighted by molar-refractivity contribution is 5.82. The number of halogens is 2. The van der Waals surface area contributed by atoms with Crippen LogP contribution in [0, 0.1) is 23.0 Å². The van der Waals surface area contributed by atoms with Gasteiger partial charge in [-0.1, -0.05) is 30.3 Å². The number of hydrazone groups is 1. The molecule has 7 heteroatoms. The average Bonchev–Trinajstić information content (AvgIpc) is 2.75. The van der Waals surface area contributed by atoms with Crippen molar-refractivity contribution in [3.63, 3.8) is 0 Å². The third-order valence-corrected chi connectivity index (χ3v) is 3.92. The fourth-order valence-corrected chi connectivity index (χ4v) is 2.43. The molecule has 0 heterocycles. The maximum Gasteiger partial charge on any atom is 0.277 e. The first-order chi connectivity index (χ1) is 14.0. The predicted octanol–water partition coefficient (Wildman–Crippen LogP) is 4.03. The maximum atomic E-state index is 13.1. The number of rotatable bonds is 6. The van der Waals surface area contributed by atoms with E-state index in [1.807, 2.05) is 24.3 Å².